The van der Waals surface area contributed by atoms with Gasteiger partial charge in [-0.05, 0) is 44.4 Å². The Morgan fingerprint density at radius 2 is 1.39 bits per heavy atom. The van der Waals surface area contributed by atoms with E-state index < -0.39 is 17.1 Å². The van der Waals surface area contributed by atoms with Crippen LogP contribution in [0.15, 0.2) is 39.7 Å². The molecule has 0 aromatic carbocycles. The highest BCUT2D eigenvalue weighted by Gasteiger charge is 2.20. The van der Waals surface area contributed by atoms with E-state index in [0.717, 1.165) is 51.4 Å². The van der Waals surface area contributed by atoms with Crippen LogP contribution in [-0.4, -0.2) is 14.5 Å². The van der Waals surface area contributed by atoms with E-state index in [0.29, 0.717) is 5.92 Å². The summed E-state index contributed by atoms with van der Waals surface area (Å²) in [5, 5.41) is 0. The first-order valence-corrected chi connectivity index (χ1v) is 12.2. The van der Waals surface area contributed by atoms with Gasteiger partial charge in [-0.3, -0.25) is 9.97 Å². The predicted octanol–water partition coefficient (Wildman–Crippen LogP) is 5.63. The number of rotatable bonds is 19. The van der Waals surface area contributed by atoms with Crippen molar-refractivity contribution in [1.29, 1.82) is 0 Å². The number of hydrogen-bond acceptors (Lipinski definition) is 3. The molecule has 0 bridgehead atoms. The van der Waals surface area contributed by atoms with E-state index in [4.69, 9.17) is 0 Å². The first-order chi connectivity index (χ1) is 15.0. The monoisotopic (exact) mass is 433 g/mol. The molecule has 0 aliphatic carbocycles. The Morgan fingerprint density at radius 1 is 0.806 bits per heavy atom. The molecule has 0 radical (unpaired) electrons. The molecule has 0 saturated carbocycles. The molecule has 2 unspecified atom stereocenters. The number of allylic oxidation sites excluding steroid dienone is 2. The van der Waals surface area contributed by atoms with Crippen LogP contribution in [-0.2, 0) is 0 Å². The summed E-state index contributed by atoms with van der Waals surface area (Å²) in [6.07, 6.45) is 20.2. The lowest BCUT2D eigenvalue weighted by atomic mass is 9.89. The fraction of sp³-hybridized carbons (Fsp3) is 0.720. The van der Waals surface area contributed by atoms with Gasteiger partial charge in [0.15, 0.2) is 0 Å². The molecule has 0 amide bonds. The van der Waals surface area contributed by atoms with E-state index in [-0.39, 0.29) is 6.04 Å². The van der Waals surface area contributed by atoms with Crippen LogP contribution in [0.2, 0.25) is 0 Å². The van der Waals surface area contributed by atoms with Crippen LogP contribution in [0.3, 0.4) is 0 Å². The summed E-state index contributed by atoms with van der Waals surface area (Å²) in [5.74, 6) is 0.347. The molecule has 1 aromatic heterocycles. The molecule has 2 atom stereocenters. The van der Waals surface area contributed by atoms with Gasteiger partial charge in [0.2, 0.25) is 0 Å². The number of H-pyrrole nitrogens is 2. The average molecular weight is 434 g/mol. The molecular weight excluding hydrogens is 390 g/mol. The molecule has 1 heterocycles. The van der Waals surface area contributed by atoms with Gasteiger partial charge in [0.1, 0.15) is 0 Å². The highest BCUT2D eigenvalue weighted by Crippen LogP contribution is 2.28. The molecule has 0 aliphatic rings. The number of unbranched alkanes of at least 4 members (excludes halogenated alkanes) is 9. The molecule has 0 fully saturated rings. The summed E-state index contributed by atoms with van der Waals surface area (Å²) in [6, 6.07) is -0.216. The third-order valence-electron chi connectivity index (χ3n) is 6.01. The molecule has 176 valence electrons. The van der Waals surface area contributed by atoms with Gasteiger partial charge in [-0.25, -0.2) is 19.0 Å². The van der Waals surface area contributed by atoms with Crippen LogP contribution in [0.1, 0.15) is 109 Å². The maximum Gasteiger partial charge on any atom is 0.333 e. The SMILES string of the molecule is C=CCCCC(CC=C)CC(CCCCCCCCCCC)n1c(=O)[nH]c(=O)[nH]c1=O. The fourth-order valence-electron chi connectivity index (χ4n) is 4.32. The van der Waals surface area contributed by atoms with Crippen molar-refractivity contribution >= 4 is 0 Å². The Hall–Kier alpha value is -2.11. The lowest BCUT2D eigenvalue weighted by Crippen LogP contribution is -2.45. The van der Waals surface area contributed by atoms with E-state index in [2.05, 4.69) is 30.0 Å². The topological polar surface area (TPSA) is 87.7 Å². The smallest absolute Gasteiger partial charge is 0.259 e. The third-order valence-corrected chi connectivity index (χ3v) is 6.01. The maximum absolute atomic E-state index is 12.4. The maximum atomic E-state index is 12.4. The standard InChI is InChI=1S/C25H43N3O3/c1-4-7-9-10-11-12-13-14-16-19-22(20-21(17-6-3)18-15-8-5-2)28-24(30)26-23(29)27-25(28)31/h5-6,21-22H,2-4,7-20H2,1H3,(H2,26,27,29,30,31). The van der Waals surface area contributed by atoms with Crippen LogP contribution in [0.25, 0.3) is 0 Å². The van der Waals surface area contributed by atoms with Crippen molar-refractivity contribution in [2.24, 2.45) is 5.92 Å². The molecular formula is C25H43N3O3. The zero-order valence-corrected chi connectivity index (χ0v) is 19.5. The minimum absolute atomic E-state index is 0.216. The van der Waals surface area contributed by atoms with Crippen molar-refractivity contribution in [1.82, 2.24) is 14.5 Å². The Morgan fingerprint density at radius 3 is 1.94 bits per heavy atom. The Bertz CT molecular complexity index is 756. The summed E-state index contributed by atoms with van der Waals surface area (Å²) in [4.78, 5) is 40.7. The van der Waals surface area contributed by atoms with Gasteiger partial charge in [-0.15, -0.1) is 13.2 Å². The fourth-order valence-corrected chi connectivity index (χ4v) is 4.32. The Kier molecular flexibility index (Phi) is 14.4. The molecule has 1 rings (SSSR count). The largest absolute Gasteiger partial charge is 0.333 e. The summed E-state index contributed by atoms with van der Waals surface area (Å²) in [5.41, 5.74) is -1.97. The average Bonchev–Trinajstić information content (AvgIpc) is 2.71. The van der Waals surface area contributed by atoms with Gasteiger partial charge in [-0.1, -0.05) is 76.9 Å². The summed E-state index contributed by atoms with van der Waals surface area (Å²) in [7, 11) is 0. The Balaban J connectivity index is 2.74. The van der Waals surface area contributed by atoms with E-state index in [1.54, 1.807) is 0 Å². The second-order valence-corrected chi connectivity index (χ2v) is 8.68. The van der Waals surface area contributed by atoms with Crippen molar-refractivity contribution < 1.29 is 0 Å². The van der Waals surface area contributed by atoms with Crippen LogP contribution >= 0.6 is 0 Å². The molecule has 0 aliphatic heterocycles. The zero-order chi connectivity index (χ0) is 22.9. The normalized spacial score (nSPS) is 13.1. The van der Waals surface area contributed by atoms with Crippen molar-refractivity contribution in [3.8, 4) is 0 Å². The van der Waals surface area contributed by atoms with E-state index in [9.17, 15) is 14.4 Å². The van der Waals surface area contributed by atoms with Gasteiger partial charge in [0.05, 0.1) is 0 Å². The van der Waals surface area contributed by atoms with Crippen molar-refractivity contribution in [3.63, 3.8) is 0 Å². The molecule has 31 heavy (non-hydrogen) atoms. The molecule has 0 saturated heterocycles. The van der Waals surface area contributed by atoms with Crippen LogP contribution in [0, 0.1) is 5.92 Å². The second kappa shape index (κ2) is 16.6. The lowest BCUT2D eigenvalue weighted by molar-refractivity contribution is 0.305. The number of aromatic amines is 2. The zero-order valence-electron chi connectivity index (χ0n) is 19.5. The summed E-state index contributed by atoms with van der Waals surface area (Å²) >= 11 is 0. The summed E-state index contributed by atoms with van der Waals surface area (Å²) in [6.45, 7) is 9.89. The minimum Gasteiger partial charge on any atom is -0.259 e. The van der Waals surface area contributed by atoms with Gasteiger partial charge in [0.25, 0.3) is 0 Å². The van der Waals surface area contributed by atoms with Gasteiger partial charge in [0, 0.05) is 6.04 Å². The van der Waals surface area contributed by atoms with Gasteiger partial charge >= 0.3 is 17.1 Å². The Labute approximate surface area is 186 Å². The van der Waals surface area contributed by atoms with Gasteiger partial charge in [-0.2, -0.15) is 0 Å². The van der Waals surface area contributed by atoms with Crippen LogP contribution in [0.5, 0.6) is 0 Å². The predicted molar refractivity (Wildman–Crippen MR) is 130 cm³/mol. The lowest BCUT2D eigenvalue weighted by Gasteiger charge is -2.24. The number of aromatic nitrogens is 3. The van der Waals surface area contributed by atoms with Crippen LogP contribution < -0.4 is 17.1 Å². The first-order valence-electron chi connectivity index (χ1n) is 12.2. The molecule has 6 nitrogen and oxygen atoms in total. The van der Waals surface area contributed by atoms with Crippen molar-refractivity contribution in [2.45, 2.75) is 109 Å². The van der Waals surface area contributed by atoms with E-state index in [1.165, 1.54) is 49.5 Å². The first kappa shape index (κ1) is 26.9. The molecule has 1 aromatic rings. The van der Waals surface area contributed by atoms with Crippen molar-refractivity contribution in [3.05, 3.63) is 56.8 Å². The number of hydrogen-bond donors (Lipinski definition) is 2. The highest BCUT2D eigenvalue weighted by atomic mass is 16.2. The van der Waals surface area contributed by atoms with Crippen molar-refractivity contribution in [2.75, 3.05) is 0 Å². The van der Waals surface area contributed by atoms with Crippen LogP contribution in [0.4, 0.5) is 0 Å². The van der Waals surface area contributed by atoms with Gasteiger partial charge < -0.3 is 0 Å². The minimum atomic E-state index is -0.748. The number of nitrogens with zero attached hydrogens (tertiary/aromatic N) is 1. The van der Waals surface area contributed by atoms with E-state index in [1.807, 2.05) is 12.2 Å². The number of nitrogens with one attached hydrogen (secondary N) is 2. The third kappa shape index (κ3) is 11.2. The quantitative estimate of drug-likeness (QED) is 0.219. The molecule has 2 N–H and O–H groups in total. The second-order valence-electron chi connectivity index (χ2n) is 8.68. The summed E-state index contributed by atoms with van der Waals surface area (Å²) < 4.78 is 1.22. The highest BCUT2D eigenvalue weighted by molar-refractivity contribution is 4.82. The molecule has 0 spiro atoms. The van der Waals surface area contributed by atoms with E-state index >= 15 is 0 Å². The molecule has 6 heteroatoms.